The van der Waals surface area contributed by atoms with Crippen molar-refractivity contribution >= 4 is 24.0 Å². The highest BCUT2D eigenvalue weighted by atomic mass is 16.6. The lowest BCUT2D eigenvalue weighted by Gasteiger charge is -2.19. The zero-order valence-corrected chi connectivity index (χ0v) is 18.6. The van der Waals surface area contributed by atoms with Gasteiger partial charge in [-0.05, 0) is 58.7 Å². The summed E-state index contributed by atoms with van der Waals surface area (Å²) in [7, 11) is 0. The topological polar surface area (TPSA) is 103 Å². The normalized spacial score (nSPS) is 11.4. The van der Waals surface area contributed by atoms with Crippen LogP contribution < -0.4 is 0 Å². The van der Waals surface area contributed by atoms with Crippen LogP contribution in [0.15, 0.2) is 30.3 Å². The third-order valence-electron chi connectivity index (χ3n) is 4.29. The van der Waals surface area contributed by atoms with E-state index < -0.39 is 23.5 Å². The Morgan fingerprint density at radius 2 is 1.68 bits per heavy atom. The van der Waals surface area contributed by atoms with Crippen molar-refractivity contribution in [2.24, 2.45) is 0 Å². The first kappa shape index (κ1) is 23.8. The first-order chi connectivity index (χ1) is 14.5. The number of aromatic nitrogens is 1. The monoisotopic (exact) mass is 425 g/mol. The summed E-state index contributed by atoms with van der Waals surface area (Å²) in [6.45, 7) is 10.3. The smallest absolute Gasteiger partial charge is 0.340 e. The van der Waals surface area contributed by atoms with Crippen LogP contribution >= 0.6 is 0 Å². The third-order valence-corrected chi connectivity index (χ3v) is 4.29. The number of carboxylic acids is 1. The van der Waals surface area contributed by atoms with Crippen LogP contribution in [0.2, 0.25) is 0 Å². The van der Waals surface area contributed by atoms with Gasteiger partial charge in [-0.15, -0.1) is 0 Å². The summed E-state index contributed by atoms with van der Waals surface area (Å²) >= 11 is 0. The standard InChI is InChI=1S/C24H27NO6/c1-7-30-23(29)20-15(3)25-14(2)19(22(27)28)21(20)17-11-9-8-10-16(17)12-13-18(26)31-24(4,5)6/h8-13H,7H2,1-6H3,(H,27,28)/b13-12+. The highest BCUT2D eigenvalue weighted by Gasteiger charge is 2.27. The molecule has 0 radical (unpaired) electrons. The fourth-order valence-electron chi connectivity index (χ4n) is 3.20. The molecule has 0 unspecified atom stereocenters. The van der Waals surface area contributed by atoms with Gasteiger partial charge in [0, 0.05) is 11.6 Å². The molecular formula is C24H27NO6. The number of hydrogen-bond acceptors (Lipinski definition) is 6. The predicted octanol–water partition coefficient (Wildman–Crippen LogP) is 4.60. The largest absolute Gasteiger partial charge is 0.478 e. The van der Waals surface area contributed by atoms with Gasteiger partial charge in [0.2, 0.25) is 0 Å². The molecule has 7 heteroatoms. The second kappa shape index (κ2) is 9.55. The van der Waals surface area contributed by atoms with Gasteiger partial charge in [-0.3, -0.25) is 4.98 Å². The SMILES string of the molecule is CCOC(=O)c1c(C)nc(C)c(C(=O)O)c1-c1ccccc1/C=C/C(=O)OC(C)(C)C. The van der Waals surface area contributed by atoms with Crippen molar-refractivity contribution in [1.29, 1.82) is 0 Å². The molecule has 1 aromatic heterocycles. The molecule has 0 aliphatic rings. The fraction of sp³-hybridized carbons (Fsp3) is 0.333. The van der Waals surface area contributed by atoms with Gasteiger partial charge in [0.1, 0.15) is 5.60 Å². The predicted molar refractivity (Wildman–Crippen MR) is 117 cm³/mol. The zero-order chi connectivity index (χ0) is 23.3. The van der Waals surface area contributed by atoms with Crippen molar-refractivity contribution in [2.45, 2.75) is 47.1 Å². The Balaban J connectivity index is 2.75. The molecule has 0 saturated carbocycles. The molecule has 1 heterocycles. The van der Waals surface area contributed by atoms with Gasteiger partial charge in [0.25, 0.3) is 0 Å². The Bertz CT molecular complexity index is 1050. The Labute approximate surface area is 181 Å². The number of aryl methyl sites for hydroxylation is 2. The maximum absolute atomic E-state index is 12.7. The van der Waals surface area contributed by atoms with Crippen LogP contribution in [-0.4, -0.2) is 40.2 Å². The Kier molecular flexibility index (Phi) is 7.33. The molecule has 164 valence electrons. The van der Waals surface area contributed by atoms with Gasteiger partial charge in [-0.2, -0.15) is 0 Å². The Hall–Kier alpha value is -3.48. The second-order valence-corrected chi connectivity index (χ2v) is 7.89. The van der Waals surface area contributed by atoms with Gasteiger partial charge in [-0.25, -0.2) is 14.4 Å². The summed E-state index contributed by atoms with van der Waals surface area (Å²) in [6, 6.07) is 6.90. The van der Waals surface area contributed by atoms with Gasteiger partial charge < -0.3 is 14.6 Å². The van der Waals surface area contributed by atoms with E-state index in [1.807, 2.05) is 0 Å². The number of carbonyl (C=O) groups excluding carboxylic acids is 2. The third kappa shape index (κ3) is 5.78. The van der Waals surface area contributed by atoms with E-state index in [0.29, 0.717) is 16.8 Å². The number of esters is 2. The molecule has 0 fully saturated rings. The van der Waals surface area contributed by atoms with E-state index in [1.165, 1.54) is 12.2 Å². The van der Waals surface area contributed by atoms with Crippen LogP contribution in [0.5, 0.6) is 0 Å². The molecule has 0 atom stereocenters. The van der Waals surface area contributed by atoms with Crippen molar-refractivity contribution < 1.29 is 29.0 Å². The van der Waals surface area contributed by atoms with Crippen LogP contribution in [0, 0.1) is 13.8 Å². The maximum Gasteiger partial charge on any atom is 0.340 e. The highest BCUT2D eigenvalue weighted by molar-refractivity contribution is 6.07. The number of nitrogens with zero attached hydrogens (tertiary/aromatic N) is 1. The van der Waals surface area contributed by atoms with Crippen molar-refractivity contribution in [2.75, 3.05) is 6.61 Å². The lowest BCUT2D eigenvalue weighted by molar-refractivity contribution is -0.148. The van der Waals surface area contributed by atoms with E-state index >= 15 is 0 Å². The summed E-state index contributed by atoms with van der Waals surface area (Å²) in [6.07, 6.45) is 2.81. The average Bonchev–Trinajstić information content (AvgIpc) is 2.64. The zero-order valence-electron chi connectivity index (χ0n) is 18.6. The molecule has 0 aliphatic heterocycles. The fourth-order valence-corrected chi connectivity index (χ4v) is 3.20. The van der Waals surface area contributed by atoms with Crippen molar-refractivity contribution in [3.63, 3.8) is 0 Å². The van der Waals surface area contributed by atoms with E-state index in [4.69, 9.17) is 9.47 Å². The van der Waals surface area contributed by atoms with Crippen LogP contribution in [-0.2, 0) is 14.3 Å². The average molecular weight is 425 g/mol. The molecule has 0 bridgehead atoms. The Morgan fingerprint density at radius 1 is 1.06 bits per heavy atom. The van der Waals surface area contributed by atoms with Gasteiger partial charge >= 0.3 is 17.9 Å². The lowest BCUT2D eigenvalue weighted by Crippen LogP contribution is -2.22. The molecule has 0 amide bonds. The number of ether oxygens (including phenoxy) is 2. The molecule has 1 aromatic carbocycles. The first-order valence-electron chi connectivity index (χ1n) is 9.88. The van der Waals surface area contributed by atoms with E-state index in [9.17, 15) is 19.5 Å². The van der Waals surface area contributed by atoms with Gasteiger partial charge in [0.05, 0.1) is 29.1 Å². The number of benzene rings is 1. The minimum Gasteiger partial charge on any atom is -0.478 e. The summed E-state index contributed by atoms with van der Waals surface area (Å²) < 4.78 is 10.5. The Morgan fingerprint density at radius 3 is 2.26 bits per heavy atom. The molecule has 0 saturated heterocycles. The summed E-state index contributed by atoms with van der Waals surface area (Å²) in [5.74, 6) is -2.40. The molecule has 31 heavy (non-hydrogen) atoms. The van der Waals surface area contributed by atoms with E-state index in [0.717, 1.165) is 0 Å². The second-order valence-electron chi connectivity index (χ2n) is 7.89. The van der Waals surface area contributed by atoms with Crippen LogP contribution in [0.25, 0.3) is 17.2 Å². The summed E-state index contributed by atoms with van der Waals surface area (Å²) in [5.41, 5.74) is 1.21. The highest BCUT2D eigenvalue weighted by Crippen LogP contribution is 2.34. The van der Waals surface area contributed by atoms with Gasteiger partial charge in [-0.1, -0.05) is 24.3 Å². The number of pyridine rings is 1. The minimum absolute atomic E-state index is 0.0861. The molecule has 2 rings (SSSR count). The quantitative estimate of drug-likeness (QED) is 0.533. The van der Waals surface area contributed by atoms with Crippen LogP contribution in [0.3, 0.4) is 0 Å². The molecular weight excluding hydrogens is 398 g/mol. The lowest BCUT2D eigenvalue weighted by atomic mass is 9.89. The molecule has 1 N–H and O–H groups in total. The number of carboxylic acid groups (broad SMARTS) is 1. The maximum atomic E-state index is 12.7. The first-order valence-corrected chi connectivity index (χ1v) is 9.88. The molecule has 0 aliphatic carbocycles. The molecule has 2 aromatic rings. The van der Waals surface area contributed by atoms with Gasteiger partial charge in [0.15, 0.2) is 0 Å². The van der Waals surface area contributed by atoms with E-state index in [2.05, 4.69) is 4.98 Å². The van der Waals surface area contributed by atoms with Crippen LogP contribution in [0.1, 0.15) is 65.4 Å². The van der Waals surface area contributed by atoms with E-state index in [-0.39, 0.29) is 29.0 Å². The molecule has 0 spiro atoms. The summed E-state index contributed by atoms with van der Waals surface area (Å²) in [4.78, 5) is 41.2. The number of hydrogen-bond donors (Lipinski definition) is 1. The van der Waals surface area contributed by atoms with E-state index in [1.54, 1.807) is 65.8 Å². The number of aromatic carboxylic acids is 1. The van der Waals surface area contributed by atoms with Crippen molar-refractivity contribution in [1.82, 2.24) is 4.98 Å². The van der Waals surface area contributed by atoms with Crippen LogP contribution in [0.4, 0.5) is 0 Å². The number of carbonyl (C=O) groups is 3. The molecule has 7 nitrogen and oxygen atoms in total. The summed E-state index contributed by atoms with van der Waals surface area (Å²) in [5, 5.41) is 9.89. The number of rotatable bonds is 6. The van der Waals surface area contributed by atoms with Crippen molar-refractivity contribution in [3.05, 3.63) is 58.4 Å². The van der Waals surface area contributed by atoms with Crippen molar-refractivity contribution in [3.8, 4) is 11.1 Å². The minimum atomic E-state index is -1.21.